The summed E-state index contributed by atoms with van der Waals surface area (Å²) in [5.41, 5.74) is 1.41. The molecule has 0 spiro atoms. The van der Waals surface area contributed by atoms with E-state index in [1.807, 2.05) is 6.92 Å². The molecule has 2 heteroatoms. The van der Waals surface area contributed by atoms with Gasteiger partial charge in [-0.3, -0.25) is 0 Å². The van der Waals surface area contributed by atoms with E-state index >= 15 is 0 Å². The van der Waals surface area contributed by atoms with Crippen LogP contribution in [0.4, 0.5) is 0 Å². The summed E-state index contributed by atoms with van der Waals surface area (Å²) in [7, 11) is 0. The van der Waals surface area contributed by atoms with Crippen LogP contribution in [0.15, 0.2) is 11.6 Å². The molecule has 0 amide bonds. The zero-order valence-corrected chi connectivity index (χ0v) is 10.7. The van der Waals surface area contributed by atoms with E-state index in [0.717, 1.165) is 19.4 Å². The molecule has 0 radical (unpaired) electrons. The zero-order chi connectivity index (χ0) is 11.0. The van der Waals surface area contributed by atoms with Gasteiger partial charge < -0.3 is 4.74 Å². The molecule has 0 atom stereocenters. The summed E-state index contributed by atoms with van der Waals surface area (Å²) in [5.74, 6) is 0.626. The van der Waals surface area contributed by atoms with Gasteiger partial charge in [-0.15, -0.1) is 11.6 Å². The number of hydrogen-bond donors (Lipinski definition) is 0. The second-order valence-electron chi connectivity index (χ2n) is 4.25. The Balaban J connectivity index is 3.67. The van der Waals surface area contributed by atoms with Gasteiger partial charge in [0.25, 0.3) is 0 Å². The van der Waals surface area contributed by atoms with E-state index in [1.165, 1.54) is 12.0 Å². The maximum Gasteiger partial charge on any atom is 0.0626 e. The third-order valence-corrected chi connectivity index (χ3v) is 2.46. The fraction of sp³-hybridized carbons (Fsp3) is 0.833. The Bertz CT molecular complexity index is 173. The van der Waals surface area contributed by atoms with Crippen LogP contribution in [0.3, 0.4) is 0 Å². The summed E-state index contributed by atoms with van der Waals surface area (Å²) in [4.78, 5) is 0. The summed E-state index contributed by atoms with van der Waals surface area (Å²) < 4.78 is 5.63. The van der Waals surface area contributed by atoms with Crippen molar-refractivity contribution in [3.05, 3.63) is 11.6 Å². The zero-order valence-electron chi connectivity index (χ0n) is 9.90. The summed E-state index contributed by atoms with van der Waals surface area (Å²) in [6, 6.07) is 0. The number of allylic oxidation sites excluding steroid dienone is 2. The first-order valence-electron chi connectivity index (χ1n) is 5.37. The number of hydrogen-bond acceptors (Lipinski definition) is 1. The van der Waals surface area contributed by atoms with Crippen molar-refractivity contribution in [1.82, 2.24) is 0 Å². The first-order chi connectivity index (χ1) is 6.52. The number of halogens is 1. The molecule has 0 saturated carbocycles. The summed E-state index contributed by atoms with van der Waals surface area (Å²) in [5, 5.41) is 0. The van der Waals surface area contributed by atoms with Crippen LogP contribution >= 0.6 is 11.6 Å². The van der Waals surface area contributed by atoms with Gasteiger partial charge in [0.1, 0.15) is 0 Å². The van der Waals surface area contributed by atoms with Gasteiger partial charge in [0.2, 0.25) is 0 Å². The van der Waals surface area contributed by atoms with Crippen molar-refractivity contribution >= 4 is 11.6 Å². The molecule has 0 aromatic carbocycles. The predicted octanol–water partition coefficient (Wildman–Crippen LogP) is 4.16. The minimum Gasteiger partial charge on any atom is -0.376 e. The quantitative estimate of drug-likeness (QED) is 0.461. The van der Waals surface area contributed by atoms with Crippen LogP contribution in [-0.2, 0) is 4.74 Å². The van der Waals surface area contributed by atoms with Gasteiger partial charge in [0.05, 0.1) is 5.60 Å². The first-order valence-corrected chi connectivity index (χ1v) is 5.91. The van der Waals surface area contributed by atoms with Gasteiger partial charge in [-0.1, -0.05) is 11.6 Å². The molecule has 0 aliphatic carbocycles. The highest BCUT2D eigenvalue weighted by molar-refractivity contribution is 6.18. The maximum atomic E-state index is 5.63. The molecule has 0 fully saturated rings. The lowest BCUT2D eigenvalue weighted by Crippen LogP contribution is -2.24. The summed E-state index contributed by atoms with van der Waals surface area (Å²) >= 11 is 5.61. The van der Waals surface area contributed by atoms with Crippen LogP contribution < -0.4 is 0 Å². The highest BCUT2D eigenvalue weighted by Gasteiger charge is 2.16. The van der Waals surface area contributed by atoms with Crippen molar-refractivity contribution in [3.63, 3.8) is 0 Å². The standard InChI is InChI=1S/C12H23ClO/c1-5-14-12(3,4)9-6-7-11(2)8-10-13/h8H,5-7,9-10H2,1-4H3. The SMILES string of the molecule is CCOC(C)(C)CCCC(C)=CCCl. The van der Waals surface area contributed by atoms with Crippen molar-refractivity contribution < 1.29 is 4.74 Å². The highest BCUT2D eigenvalue weighted by atomic mass is 35.5. The monoisotopic (exact) mass is 218 g/mol. The normalized spacial score (nSPS) is 13.4. The topological polar surface area (TPSA) is 9.23 Å². The lowest BCUT2D eigenvalue weighted by atomic mass is 9.99. The Labute approximate surface area is 93.5 Å². The molecular weight excluding hydrogens is 196 g/mol. The van der Waals surface area contributed by atoms with Crippen LogP contribution in [-0.4, -0.2) is 18.1 Å². The van der Waals surface area contributed by atoms with Gasteiger partial charge in [-0.2, -0.15) is 0 Å². The molecule has 0 heterocycles. The molecule has 0 saturated heterocycles. The first kappa shape index (κ1) is 14.0. The second kappa shape index (κ2) is 7.30. The lowest BCUT2D eigenvalue weighted by molar-refractivity contribution is -0.0173. The van der Waals surface area contributed by atoms with Gasteiger partial charge in [0, 0.05) is 12.5 Å². The van der Waals surface area contributed by atoms with E-state index in [-0.39, 0.29) is 5.60 Å². The summed E-state index contributed by atoms with van der Waals surface area (Å²) in [6.07, 6.45) is 5.49. The van der Waals surface area contributed by atoms with E-state index < -0.39 is 0 Å². The molecular formula is C12H23ClO. The van der Waals surface area contributed by atoms with Crippen LogP contribution in [0.5, 0.6) is 0 Å². The van der Waals surface area contributed by atoms with Crippen molar-refractivity contribution in [3.8, 4) is 0 Å². The molecule has 0 aromatic rings. The second-order valence-corrected chi connectivity index (χ2v) is 4.56. The average Bonchev–Trinajstić information content (AvgIpc) is 2.03. The van der Waals surface area contributed by atoms with E-state index in [1.54, 1.807) is 0 Å². The molecule has 0 aliphatic heterocycles. The molecule has 0 rings (SSSR count). The average molecular weight is 219 g/mol. The largest absolute Gasteiger partial charge is 0.376 e. The van der Waals surface area contributed by atoms with Crippen LogP contribution in [0.2, 0.25) is 0 Å². The Morgan fingerprint density at radius 2 is 2.07 bits per heavy atom. The van der Waals surface area contributed by atoms with Crippen LogP contribution in [0, 0.1) is 0 Å². The van der Waals surface area contributed by atoms with Crippen LogP contribution in [0.1, 0.15) is 47.0 Å². The predicted molar refractivity (Wildman–Crippen MR) is 64.0 cm³/mol. The van der Waals surface area contributed by atoms with Gasteiger partial charge in [-0.05, 0) is 47.0 Å². The van der Waals surface area contributed by atoms with Crippen molar-refractivity contribution in [2.75, 3.05) is 12.5 Å². The fourth-order valence-electron chi connectivity index (χ4n) is 1.49. The maximum absolute atomic E-state index is 5.63. The fourth-order valence-corrected chi connectivity index (χ4v) is 1.75. The number of rotatable bonds is 7. The third-order valence-electron chi connectivity index (χ3n) is 2.31. The van der Waals surface area contributed by atoms with Gasteiger partial charge >= 0.3 is 0 Å². The molecule has 0 aliphatic rings. The van der Waals surface area contributed by atoms with Crippen molar-refractivity contribution in [2.45, 2.75) is 52.6 Å². The molecule has 0 bridgehead atoms. The molecule has 0 N–H and O–H groups in total. The van der Waals surface area contributed by atoms with E-state index in [4.69, 9.17) is 16.3 Å². The Hall–Kier alpha value is -0.0100. The molecule has 84 valence electrons. The molecule has 14 heavy (non-hydrogen) atoms. The minimum atomic E-state index is 0.0238. The van der Waals surface area contributed by atoms with E-state index in [9.17, 15) is 0 Å². The van der Waals surface area contributed by atoms with Crippen molar-refractivity contribution in [2.24, 2.45) is 0 Å². The minimum absolute atomic E-state index is 0.0238. The lowest BCUT2D eigenvalue weighted by Gasteiger charge is -2.24. The summed E-state index contributed by atoms with van der Waals surface area (Å²) in [6.45, 7) is 9.27. The van der Waals surface area contributed by atoms with E-state index in [2.05, 4.69) is 26.8 Å². The smallest absolute Gasteiger partial charge is 0.0626 e. The molecule has 0 unspecified atom stereocenters. The van der Waals surface area contributed by atoms with Gasteiger partial charge in [-0.25, -0.2) is 0 Å². The Morgan fingerprint density at radius 3 is 2.57 bits per heavy atom. The molecule has 1 nitrogen and oxygen atoms in total. The molecule has 0 aromatic heterocycles. The van der Waals surface area contributed by atoms with E-state index in [0.29, 0.717) is 5.88 Å². The Kier molecular flexibility index (Phi) is 7.30. The highest BCUT2D eigenvalue weighted by Crippen LogP contribution is 2.19. The van der Waals surface area contributed by atoms with Crippen molar-refractivity contribution in [1.29, 1.82) is 0 Å². The van der Waals surface area contributed by atoms with Crippen LogP contribution in [0.25, 0.3) is 0 Å². The van der Waals surface area contributed by atoms with Gasteiger partial charge in [0.15, 0.2) is 0 Å². The Morgan fingerprint density at radius 1 is 1.43 bits per heavy atom. The number of ether oxygens (including phenoxy) is 1. The third kappa shape index (κ3) is 7.40. The number of alkyl halides is 1.